The number of hydrogen-bond acceptors (Lipinski definition) is 3. The molecule has 152 valence electrons. The fourth-order valence-electron chi connectivity index (χ4n) is 3.72. The lowest BCUT2D eigenvalue weighted by molar-refractivity contribution is -0.119. The van der Waals surface area contributed by atoms with Crippen LogP contribution in [0.3, 0.4) is 0 Å². The summed E-state index contributed by atoms with van der Waals surface area (Å²) in [4.78, 5) is 27.1. The first-order valence-electron chi connectivity index (χ1n) is 9.67. The molecule has 1 aliphatic carbocycles. The molecule has 0 spiro atoms. The standard InChI is InChI=1S/C22H22F2N2O3/c1-29-19-10-13(4-6-16(19)21(23)24)17(11-14-5-9-20(27)25-14)18-8-7-15(12-2-3-12)22(28)26-18/h4,6-8,10-12,14,21H,2-3,5,9H2,1H3,(H,25,27)(H,26,28)/t14-/m1/s1. The van der Waals surface area contributed by atoms with Crippen molar-refractivity contribution in [3.63, 3.8) is 0 Å². The van der Waals surface area contributed by atoms with Crippen molar-refractivity contribution in [1.29, 1.82) is 0 Å². The van der Waals surface area contributed by atoms with E-state index in [0.29, 0.717) is 35.6 Å². The second kappa shape index (κ2) is 7.81. The lowest BCUT2D eigenvalue weighted by Gasteiger charge is -2.15. The first kappa shape index (κ1) is 19.4. The summed E-state index contributed by atoms with van der Waals surface area (Å²) in [6.45, 7) is 0. The first-order valence-corrected chi connectivity index (χ1v) is 9.67. The lowest BCUT2D eigenvalue weighted by Crippen LogP contribution is -2.23. The highest BCUT2D eigenvalue weighted by atomic mass is 19.3. The number of nitrogens with one attached hydrogen (secondary N) is 2. The Morgan fingerprint density at radius 1 is 1.17 bits per heavy atom. The number of carbonyl (C=O) groups is 1. The molecule has 2 fully saturated rings. The number of H-pyrrole nitrogens is 1. The molecule has 4 rings (SSSR count). The van der Waals surface area contributed by atoms with E-state index in [-0.39, 0.29) is 28.8 Å². The number of benzene rings is 1. The van der Waals surface area contributed by atoms with Gasteiger partial charge in [-0.1, -0.05) is 18.2 Å². The normalized spacial score (nSPS) is 19.5. The minimum absolute atomic E-state index is 0.0335. The summed E-state index contributed by atoms with van der Waals surface area (Å²) in [6, 6.07) is 7.93. The third-order valence-electron chi connectivity index (χ3n) is 5.42. The summed E-state index contributed by atoms with van der Waals surface area (Å²) >= 11 is 0. The van der Waals surface area contributed by atoms with Gasteiger partial charge in [0.1, 0.15) is 5.75 Å². The molecule has 1 aliphatic heterocycles. The average Bonchev–Trinajstić information content (AvgIpc) is 3.46. The summed E-state index contributed by atoms with van der Waals surface area (Å²) in [5, 5.41) is 2.88. The van der Waals surface area contributed by atoms with E-state index in [1.807, 2.05) is 18.2 Å². The first-order chi connectivity index (χ1) is 14.0. The highest BCUT2D eigenvalue weighted by molar-refractivity contribution is 5.82. The van der Waals surface area contributed by atoms with Crippen molar-refractivity contribution in [2.24, 2.45) is 0 Å². The van der Waals surface area contributed by atoms with E-state index in [1.54, 1.807) is 6.07 Å². The van der Waals surface area contributed by atoms with Crippen LogP contribution in [0.2, 0.25) is 0 Å². The number of halogens is 2. The van der Waals surface area contributed by atoms with Crippen molar-refractivity contribution in [3.8, 4) is 5.75 Å². The van der Waals surface area contributed by atoms with Gasteiger partial charge in [-0.15, -0.1) is 0 Å². The Labute approximate surface area is 166 Å². The molecule has 2 aromatic rings. The number of ether oxygens (including phenoxy) is 1. The van der Waals surface area contributed by atoms with E-state index in [4.69, 9.17) is 4.74 Å². The van der Waals surface area contributed by atoms with Gasteiger partial charge in [-0.05, 0) is 48.9 Å². The number of aromatic nitrogens is 1. The fraction of sp³-hybridized carbons (Fsp3) is 0.364. The molecule has 0 bridgehead atoms. The number of carbonyl (C=O) groups excluding carboxylic acids is 1. The monoisotopic (exact) mass is 400 g/mol. The lowest BCUT2D eigenvalue weighted by atomic mass is 9.97. The molecule has 0 radical (unpaired) electrons. The topological polar surface area (TPSA) is 71.2 Å². The summed E-state index contributed by atoms with van der Waals surface area (Å²) in [7, 11) is 1.35. The van der Waals surface area contributed by atoms with Crippen molar-refractivity contribution in [3.05, 3.63) is 69.1 Å². The summed E-state index contributed by atoms with van der Waals surface area (Å²) in [5.74, 6) is 0.365. The number of alkyl halides is 2. The minimum Gasteiger partial charge on any atom is -0.496 e. The third kappa shape index (κ3) is 4.09. The molecule has 5 nitrogen and oxygen atoms in total. The maximum absolute atomic E-state index is 13.2. The fourth-order valence-corrected chi connectivity index (χ4v) is 3.72. The van der Waals surface area contributed by atoms with E-state index >= 15 is 0 Å². The van der Waals surface area contributed by atoms with E-state index in [2.05, 4.69) is 10.3 Å². The third-order valence-corrected chi connectivity index (χ3v) is 5.42. The second-order valence-corrected chi connectivity index (χ2v) is 7.48. The minimum atomic E-state index is -2.65. The van der Waals surface area contributed by atoms with Gasteiger partial charge in [-0.3, -0.25) is 9.59 Å². The summed E-state index contributed by atoms with van der Waals surface area (Å²) in [6.07, 6.45) is 2.32. The molecule has 2 aliphatic rings. The van der Waals surface area contributed by atoms with Gasteiger partial charge in [-0.2, -0.15) is 0 Å². The van der Waals surface area contributed by atoms with Crippen molar-refractivity contribution in [2.75, 3.05) is 7.11 Å². The summed E-state index contributed by atoms with van der Waals surface area (Å²) < 4.78 is 31.6. The number of hydrogen-bond donors (Lipinski definition) is 2. The van der Waals surface area contributed by atoms with E-state index in [1.165, 1.54) is 19.2 Å². The maximum Gasteiger partial charge on any atom is 0.267 e. The Morgan fingerprint density at radius 2 is 1.97 bits per heavy atom. The van der Waals surface area contributed by atoms with Crippen LogP contribution in [0.15, 0.2) is 41.2 Å². The Hall–Kier alpha value is -2.96. The molecule has 29 heavy (non-hydrogen) atoms. The molecule has 1 aromatic carbocycles. The van der Waals surface area contributed by atoms with Crippen molar-refractivity contribution < 1.29 is 18.3 Å². The van der Waals surface area contributed by atoms with Crippen LogP contribution in [0.1, 0.15) is 60.4 Å². The Bertz CT molecular complexity index is 1020. The average molecular weight is 400 g/mol. The Morgan fingerprint density at radius 3 is 2.55 bits per heavy atom. The number of pyridine rings is 1. The van der Waals surface area contributed by atoms with Crippen molar-refractivity contribution in [1.82, 2.24) is 10.3 Å². The zero-order chi connectivity index (χ0) is 20.5. The number of amides is 1. The van der Waals surface area contributed by atoms with E-state index in [0.717, 1.165) is 18.4 Å². The van der Waals surface area contributed by atoms with Crippen LogP contribution >= 0.6 is 0 Å². The van der Waals surface area contributed by atoms with Gasteiger partial charge >= 0.3 is 0 Å². The van der Waals surface area contributed by atoms with Crippen LogP contribution in [0.4, 0.5) is 8.78 Å². The molecule has 1 saturated heterocycles. The molecule has 1 saturated carbocycles. The van der Waals surface area contributed by atoms with Crippen LogP contribution < -0.4 is 15.6 Å². The van der Waals surface area contributed by atoms with E-state index in [9.17, 15) is 18.4 Å². The van der Waals surface area contributed by atoms with Gasteiger partial charge in [0, 0.05) is 29.3 Å². The number of aromatic amines is 1. The van der Waals surface area contributed by atoms with Crippen LogP contribution in [0, 0.1) is 0 Å². The van der Waals surface area contributed by atoms with Crippen LogP contribution in [0.5, 0.6) is 5.75 Å². The van der Waals surface area contributed by atoms with Gasteiger partial charge in [0.2, 0.25) is 5.91 Å². The van der Waals surface area contributed by atoms with Gasteiger partial charge < -0.3 is 15.0 Å². The van der Waals surface area contributed by atoms with Crippen molar-refractivity contribution >= 4 is 11.5 Å². The molecule has 2 N–H and O–H groups in total. The number of methoxy groups -OCH3 is 1. The van der Waals surface area contributed by atoms with Crippen LogP contribution in [0.25, 0.3) is 5.57 Å². The van der Waals surface area contributed by atoms with Gasteiger partial charge in [-0.25, -0.2) is 8.78 Å². The molecular weight excluding hydrogens is 378 g/mol. The van der Waals surface area contributed by atoms with E-state index < -0.39 is 6.43 Å². The van der Waals surface area contributed by atoms with Gasteiger partial charge in [0.05, 0.1) is 12.7 Å². The highest BCUT2D eigenvalue weighted by Gasteiger charge is 2.27. The molecule has 1 amide bonds. The maximum atomic E-state index is 13.2. The highest BCUT2D eigenvalue weighted by Crippen LogP contribution is 2.39. The molecular formula is C22H22F2N2O3. The van der Waals surface area contributed by atoms with Crippen LogP contribution in [-0.4, -0.2) is 24.0 Å². The number of rotatable bonds is 6. The van der Waals surface area contributed by atoms with Crippen LogP contribution in [-0.2, 0) is 4.79 Å². The zero-order valence-corrected chi connectivity index (χ0v) is 16.0. The van der Waals surface area contributed by atoms with Crippen molar-refractivity contribution in [2.45, 2.75) is 44.1 Å². The largest absolute Gasteiger partial charge is 0.496 e. The predicted molar refractivity (Wildman–Crippen MR) is 105 cm³/mol. The molecule has 2 heterocycles. The van der Waals surface area contributed by atoms with Gasteiger partial charge in [0.15, 0.2) is 0 Å². The predicted octanol–water partition coefficient (Wildman–Crippen LogP) is 3.91. The second-order valence-electron chi connectivity index (χ2n) is 7.48. The zero-order valence-electron chi connectivity index (χ0n) is 16.0. The Balaban J connectivity index is 1.79. The quantitative estimate of drug-likeness (QED) is 0.772. The van der Waals surface area contributed by atoms with Gasteiger partial charge in [0.25, 0.3) is 12.0 Å². The summed E-state index contributed by atoms with van der Waals surface area (Å²) in [5.41, 5.74) is 2.31. The molecule has 1 atom stereocenters. The molecule has 1 aromatic heterocycles. The molecule has 7 heteroatoms. The Kier molecular flexibility index (Phi) is 5.22. The smallest absolute Gasteiger partial charge is 0.267 e. The SMILES string of the molecule is COc1cc(C(=C[C@H]2CCC(=O)N2)c2ccc(C3CC3)c(=O)[nH]2)ccc1C(F)F. The molecule has 0 unspecified atom stereocenters.